The molecule has 0 saturated heterocycles. The number of esters is 1. The third-order valence-corrected chi connectivity index (χ3v) is 2.47. The minimum absolute atomic E-state index is 0.290. The van der Waals surface area contributed by atoms with Crippen LogP contribution in [0.2, 0.25) is 0 Å². The zero-order chi connectivity index (χ0) is 13.4. The molecule has 1 rings (SSSR count). The first kappa shape index (κ1) is 14.2. The monoisotopic (exact) mass is 246 g/mol. The average Bonchev–Trinajstić information content (AvgIpc) is 2.39. The maximum atomic E-state index is 11.5. The molecule has 96 valence electrons. The van der Waals surface area contributed by atoms with Crippen molar-refractivity contribution in [3.63, 3.8) is 0 Å². The summed E-state index contributed by atoms with van der Waals surface area (Å²) in [4.78, 5) is 11.5. The summed E-state index contributed by atoms with van der Waals surface area (Å²) in [7, 11) is 0. The highest BCUT2D eigenvalue weighted by atomic mass is 16.5. The highest BCUT2D eigenvalue weighted by Crippen LogP contribution is 2.11. The molecule has 0 fully saturated rings. The fraction of sp³-hybridized carbons (Fsp3) is 0.267. The molecule has 18 heavy (non-hydrogen) atoms. The maximum absolute atomic E-state index is 11.5. The standard InChI is InChI=1S/C15H18O3/c1-3-13(15(17)18-4-2)14(16)11-10-12-8-6-5-7-9-12/h3,5-11,13-14,16H,1,4H2,2H3/b11-10+/t13-,14+/m1/s1. The number of hydrogen-bond acceptors (Lipinski definition) is 3. The quantitative estimate of drug-likeness (QED) is 0.619. The van der Waals surface area contributed by atoms with Crippen molar-refractivity contribution in [3.05, 3.63) is 54.6 Å². The largest absolute Gasteiger partial charge is 0.465 e. The van der Waals surface area contributed by atoms with Crippen LogP contribution in [0, 0.1) is 5.92 Å². The van der Waals surface area contributed by atoms with E-state index in [1.165, 1.54) is 6.08 Å². The van der Waals surface area contributed by atoms with E-state index in [2.05, 4.69) is 6.58 Å². The number of rotatable bonds is 6. The van der Waals surface area contributed by atoms with E-state index in [0.29, 0.717) is 0 Å². The van der Waals surface area contributed by atoms with Crippen molar-refractivity contribution in [1.82, 2.24) is 0 Å². The number of carbonyl (C=O) groups is 1. The molecular formula is C15H18O3. The molecule has 0 amide bonds. The van der Waals surface area contributed by atoms with Gasteiger partial charge in [0.1, 0.15) is 5.92 Å². The Morgan fingerprint density at radius 2 is 2.11 bits per heavy atom. The summed E-state index contributed by atoms with van der Waals surface area (Å²) in [6, 6.07) is 9.55. The van der Waals surface area contributed by atoms with Crippen molar-refractivity contribution in [2.45, 2.75) is 13.0 Å². The van der Waals surface area contributed by atoms with Crippen molar-refractivity contribution in [3.8, 4) is 0 Å². The smallest absolute Gasteiger partial charge is 0.315 e. The first-order valence-corrected chi connectivity index (χ1v) is 5.89. The van der Waals surface area contributed by atoms with E-state index in [0.717, 1.165) is 5.56 Å². The number of benzene rings is 1. The Morgan fingerprint density at radius 3 is 2.67 bits per heavy atom. The third-order valence-electron chi connectivity index (χ3n) is 2.47. The van der Waals surface area contributed by atoms with Crippen molar-refractivity contribution in [2.24, 2.45) is 5.92 Å². The van der Waals surface area contributed by atoms with Gasteiger partial charge in [0.15, 0.2) is 0 Å². The minimum atomic E-state index is -0.929. The lowest BCUT2D eigenvalue weighted by atomic mass is 10.0. The first-order valence-electron chi connectivity index (χ1n) is 5.89. The van der Waals surface area contributed by atoms with Crippen molar-refractivity contribution >= 4 is 12.0 Å². The van der Waals surface area contributed by atoms with Gasteiger partial charge in [0, 0.05) is 0 Å². The van der Waals surface area contributed by atoms with Crippen LogP contribution in [0.4, 0.5) is 0 Å². The lowest BCUT2D eigenvalue weighted by Crippen LogP contribution is -2.26. The summed E-state index contributed by atoms with van der Waals surface area (Å²) in [6.07, 6.45) is 3.80. The Balaban J connectivity index is 2.68. The van der Waals surface area contributed by atoms with Gasteiger partial charge < -0.3 is 9.84 Å². The summed E-state index contributed by atoms with van der Waals surface area (Å²) in [5.74, 6) is -1.19. The van der Waals surface area contributed by atoms with E-state index < -0.39 is 18.0 Å². The number of aliphatic hydroxyl groups is 1. The van der Waals surface area contributed by atoms with Crippen LogP contribution >= 0.6 is 0 Å². The van der Waals surface area contributed by atoms with Gasteiger partial charge in [0.25, 0.3) is 0 Å². The van der Waals surface area contributed by atoms with Crippen molar-refractivity contribution in [2.75, 3.05) is 6.61 Å². The predicted molar refractivity (Wildman–Crippen MR) is 71.8 cm³/mol. The molecule has 0 aliphatic heterocycles. The molecule has 2 atom stereocenters. The van der Waals surface area contributed by atoms with Gasteiger partial charge in [0.05, 0.1) is 12.7 Å². The SMILES string of the molecule is C=C[C@@H](C(=O)OCC)[C@@H](O)/C=C/c1ccccc1. The van der Waals surface area contributed by atoms with Gasteiger partial charge in [-0.25, -0.2) is 0 Å². The normalized spacial score (nSPS) is 14.1. The summed E-state index contributed by atoms with van der Waals surface area (Å²) in [5, 5.41) is 9.91. The molecule has 3 nitrogen and oxygen atoms in total. The number of aliphatic hydroxyl groups excluding tert-OH is 1. The lowest BCUT2D eigenvalue weighted by molar-refractivity contribution is -0.148. The zero-order valence-corrected chi connectivity index (χ0v) is 10.5. The maximum Gasteiger partial charge on any atom is 0.315 e. The molecule has 0 aliphatic rings. The van der Waals surface area contributed by atoms with Crippen LogP contribution in [0.1, 0.15) is 12.5 Å². The topological polar surface area (TPSA) is 46.5 Å². The van der Waals surface area contributed by atoms with Crippen LogP contribution in [0.5, 0.6) is 0 Å². The van der Waals surface area contributed by atoms with Crippen molar-refractivity contribution in [1.29, 1.82) is 0 Å². The summed E-state index contributed by atoms with van der Waals surface area (Å²) < 4.78 is 4.86. The first-order chi connectivity index (χ1) is 8.69. The molecule has 0 heterocycles. The van der Waals surface area contributed by atoms with Gasteiger partial charge in [0.2, 0.25) is 0 Å². The predicted octanol–water partition coefficient (Wildman–Crippen LogP) is 2.43. The van der Waals surface area contributed by atoms with Gasteiger partial charge in [-0.1, -0.05) is 48.6 Å². The second-order valence-corrected chi connectivity index (χ2v) is 3.77. The molecule has 0 bridgehead atoms. The summed E-state index contributed by atoms with van der Waals surface area (Å²) >= 11 is 0. The van der Waals surface area contributed by atoms with Crippen LogP contribution in [-0.2, 0) is 9.53 Å². The van der Waals surface area contributed by atoms with E-state index in [4.69, 9.17) is 4.74 Å². The molecule has 3 heteroatoms. The average molecular weight is 246 g/mol. The van der Waals surface area contributed by atoms with Gasteiger partial charge in [-0.3, -0.25) is 4.79 Å². The van der Waals surface area contributed by atoms with Crippen LogP contribution in [0.25, 0.3) is 6.08 Å². The van der Waals surface area contributed by atoms with Crippen LogP contribution in [0.3, 0.4) is 0 Å². The fourth-order valence-electron chi connectivity index (χ4n) is 1.51. The molecule has 0 radical (unpaired) electrons. The van der Waals surface area contributed by atoms with Gasteiger partial charge in [-0.15, -0.1) is 6.58 Å². The second kappa shape index (κ2) is 7.45. The van der Waals surface area contributed by atoms with E-state index in [1.54, 1.807) is 19.1 Å². The number of hydrogen-bond donors (Lipinski definition) is 1. The molecule has 1 aromatic carbocycles. The molecule has 0 spiro atoms. The molecule has 0 unspecified atom stereocenters. The number of ether oxygens (including phenoxy) is 1. The lowest BCUT2D eigenvalue weighted by Gasteiger charge is -2.14. The molecule has 0 saturated carbocycles. The van der Waals surface area contributed by atoms with E-state index >= 15 is 0 Å². The highest BCUT2D eigenvalue weighted by Gasteiger charge is 2.22. The van der Waals surface area contributed by atoms with Crippen LogP contribution in [-0.4, -0.2) is 23.8 Å². The Bertz CT molecular complexity index is 409. The van der Waals surface area contributed by atoms with Crippen molar-refractivity contribution < 1.29 is 14.6 Å². The van der Waals surface area contributed by atoms with Crippen LogP contribution in [0.15, 0.2) is 49.1 Å². The Kier molecular flexibility index (Phi) is 5.88. The van der Waals surface area contributed by atoms with Gasteiger partial charge >= 0.3 is 5.97 Å². The molecule has 1 aromatic rings. The molecule has 0 aliphatic carbocycles. The number of carbonyl (C=O) groups excluding carboxylic acids is 1. The van der Waals surface area contributed by atoms with Crippen LogP contribution < -0.4 is 0 Å². The van der Waals surface area contributed by atoms with E-state index in [9.17, 15) is 9.90 Å². The molecular weight excluding hydrogens is 228 g/mol. The zero-order valence-electron chi connectivity index (χ0n) is 10.5. The fourth-order valence-corrected chi connectivity index (χ4v) is 1.51. The van der Waals surface area contributed by atoms with E-state index in [-0.39, 0.29) is 6.61 Å². The third kappa shape index (κ3) is 4.18. The second-order valence-electron chi connectivity index (χ2n) is 3.77. The highest BCUT2D eigenvalue weighted by molar-refractivity contribution is 5.75. The molecule has 1 N–H and O–H groups in total. The van der Waals surface area contributed by atoms with Gasteiger partial charge in [-0.2, -0.15) is 0 Å². The Morgan fingerprint density at radius 1 is 1.44 bits per heavy atom. The summed E-state index contributed by atoms with van der Waals surface area (Å²) in [5.41, 5.74) is 0.961. The minimum Gasteiger partial charge on any atom is -0.465 e. The summed E-state index contributed by atoms with van der Waals surface area (Å²) in [6.45, 7) is 5.56. The van der Waals surface area contributed by atoms with Gasteiger partial charge in [-0.05, 0) is 12.5 Å². The Hall–Kier alpha value is -1.87. The molecule has 0 aromatic heterocycles. The van der Waals surface area contributed by atoms with E-state index in [1.807, 2.05) is 30.3 Å². The Labute approximate surface area is 107 Å².